The Morgan fingerprint density at radius 3 is 2.56 bits per heavy atom. The van der Waals surface area contributed by atoms with Gasteiger partial charge >= 0.3 is 0 Å². The van der Waals surface area contributed by atoms with E-state index in [-0.39, 0.29) is 0 Å². The van der Waals surface area contributed by atoms with Crippen LogP contribution in [0.3, 0.4) is 0 Å². The van der Waals surface area contributed by atoms with Crippen LogP contribution < -0.4 is 9.47 Å². The number of carbonyl (C=O) groups is 1. The molecule has 0 unspecified atom stereocenters. The highest BCUT2D eigenvalue weighted by Gasteiger charge is 2.18. The highest BCUT2D eigenvalue weighted by Crippen LogP contribution is 2.30. The maximum Gasteiger partial charge on any atom is 0.164 e. The van der Waals surface area contributed by atoms with Gasteiger partial charge in [-0.25, -0.2) is 0 Å². The zero-order valence-corrected chi connectivity index (χ0v) is 9.61. The highest BCUT2D eigenvalue weighted by atomic mass is 16.5. The molecule has 0 amide bonds. The molecule has 0 aromatic heterocycles. The van der Waals surface area contributed by atoms with Crippen LogP contribution >= 0.6 is 0 Å². The monoisotopic (exact) mass is 218 g/mol. The van der Waals surface area contributed by atoms with E-state index in [1.165, 1.54) is 7.11 Å². The largest absolute Gasteiger partial charge is 0.493 e. The lowest BCUT2D eigenvalue weighted by molar-refractivity contribution is 0.112. The van der Waals surface area contributed by atoms with Gasteiger partial charge in [-0.3, -0.25) is 4.79 Å². The predicted octanol–water partition coefficient (Wildman–Crippen LogP) is 2.30. The van der Waals surface area contributed by atoms with E-state index in [9.17, 15) is 4.79 Å². The summed E-state index contributed by atoms with van der Waals surface area (Å²) in [5.41, 5.74) is -0.224. The van der Waals surface area contributed by atoms with E-state index in [0.717, 1.165) is 6.29 Å². The molecule has 0 radical (unpaired) electrons. The Kier molecular flexibility index (Phi) is 3.57. The molecule has 0 spiro atoms. The number of hydrogen-bond donors (Lipinski definition) is 0. The van der Waals surface area contributed by atoms with E-state index in [1.54, 1.807) is 32.0 Å². The molecule has 0 N–H and O–H groups in total. The van der Waals surface area contributed by atoms with Crippen molar-refractivity contribution in [2.75, 3.05) is 7.11 Å². The number of rotatable bonds is 4. The summed E-state index contributed by atoms with van der Waals surface area (Å²) in [5.74, 6) is 3.53. The third-order valence-corrected chi connectivity index (χ3v) is 2.04. The van der Waals surface area contributed by atoms with Gasteiger partial charge in [0.05, 0.1) is 7.11 Å². The zero-order valence-electron chi connectivity index (χ0n) is 9.61. The second-order valence-electron chi connectivity index (χ2n) is 3.78. The van der Waals surface area contributed by atoms with E-state index in [2.05, 4.69) is 5.92 Å². The topological polar surface area (TPSA) is 35.5 Å². The second-order valence-corrected chi connectivity index (χ2v) is 3.78. The summed E-state index contributed by atoms with van der Waals surface area (Å²) in [7, 11) is 1.53. The average Bonchev–Trinajstić information content (AvgIpc) is 2.28. The second kappa shape index (κ2) is 4.71. The van der Waals surface area contributed by atoms with Gasteiger partial charge in [-0.2, -0.15) is 0 Å². The maximum atomic E-state index is 10.7. The fourth-order valence-electron chi connectivity index (χ4n) is 1.15. The van der Waals surface area contributed by atoms with Crippen LogP contribution in [0.2, 0.25) is 0 Å². The summed E-state index contributed by atoms with van der Waals surface area (Å²) in [6.07, 6.45) is 6.08. The van der Waals surface area contributed by atoms with Crippen LogP contribution in [0.15, 0.2) is 18.2 Å². The lowest BCUT2D eigenvalue weighted by Gasteiger charge is -2.21. The molecule has 0 heterocycles. The van der Waals surface area contributed by atoms with Crippen molar-refractivity contribution in [2.45, 2.75) is 19.4 Å². The minimum absolute atomic E-state index is 0.468. The van der Waals surface area contributed by atoms with Crippen molar-refractivity contribution in [3.05, 3.63) is 23.8 Å². The minimum Gasteiger partial charge on any atom is -0.493 e. The molecule has 0 fully saturated rings. The van der Waals surface area contributed by atoms with Gasteiger partial charge in [0, 0.05) is 5.56 Å². The molecule has 0 atom stereocenters. The molecular weight excluding hydrogens is 204 g/mol. The molecule has 0 bridgehead atoms. The van der Waals surface area contributed by atoms with Gasteiger partial charge in [-0.05, 0) is 32.0 Å². The van der Waals surface area contributed by atoms with Crippen molar-refractivity contribution >= 4 is 6.29 Å². The number of carbonyl (C=O) groups excluding carboxylic acids is 1. The molecule has 16 heavy (non-hydrogen) atoms. The molecule has 0 aliphatic heterocycles. The number of benzene rings is 1. The molecular formula is C13H14O3. The zero-order chi connectivity index (χ0) is 12.2. The molecule has 0 saturated heterocycles. The maximum absolute atomic E-state index is 10.7. The van der Waals surface area contributed by atoms with E-state index < -0.39 is 5.60 Å². The van der Waals surface area contributed by atoms with Crippen LogP contribution in [-0.4, -0.2) is 19.0 Å². The summed E-state index contributed by atoms with van der Waals surface area (Å²) < 4.78 is 10.7. The Balaban J connectivity index is 3.10. The van der Waals surface area contributed by atoms with Gasteiger partial charge in [0.15, 0.2) is 17.1 Å². The van der Waals surface area contributed by atoms with E-state index >= 15 is 0 Å². The van der Waals surface area contributed by atoms with Crippen LogP contribution in [0.5, 0.6) is 11.5 Å². The molecule has 1 aromatic rings. The first-order valence-electron chi connectivity index (χ1n) is 4.82. The SMILES string of the molecule is C#CC(C)(C)Oc1cc(C=O)ccc1OC. The Morgan fingerprint density at radius 2 is 2.06 bits per heavy atom. The third-order valence-electron chi connectivity index (χ3n) is 2.04. The van der Waals surface area contributed by atoms with Gasteiger partial charge in [-0.15, -0.1) is 6.42 Å². The summed E-state index contributed by atoms with van der Waals surface area (Å²) in [6, 6.07) is 4.93. The van der Waals surface area contributed by atoms with Crippen LogP contribution in [0.25, 0.3) is 0 Å². The quantitative estimate of drug-likeness (QED) is 0.574. The summed E-state index contributed by atoms with van der Waals surface area (Å²) in [5, 5.41) is 0. The van der Waals surface area contributed by atoms with Crippen LogP contribution in [0.4, 0.5) is 0 Å². The van der Waals surface area contributed by atoms with Crippen molar-refractivity contribution in [2.24, 2.45) is 0 Å². The average molecular weight is 218 g/mol. The molecule has 3 nitrogen and oxygen atoms in total. The Hall–Kier alpha value is -1.95. The van der Waals surface area contributed by atoms with Crippen molar-refractivity contribution in [1.29, 1.82) is 0 Å². The summed E-state index contributed by atoms with van der Waals surface area (Å²) >= 11 is 0. The lowest BCUT2D eigenvalue weighted by Crippen LogP contribution is -2.25. The first kappa shape index (κ1) is 12.1. The smallest absolute Gasteiger partial charge is 0.164 e. The normalized spacial score (nSPS) is 10.4. The van der Waals surface area contributed by atoms with Gasteiger partial charge in [0.1, 0.15) is 6.29 Å². The van der Waals surface area contributed by atoms with Crippen molar-refractivity contribution in [3.63, 3.8) is 0 Å². The molecule has 84 valence electrons. The predicted molar refractivity (Wildman–Crippen MR) is 61.9 cm³/mol. The number of aldehydes is 1. The molecule has 3 heteroatoms. The van der Waals surface area contributed by atoms with E-state index in [4.69, 9.17) is 15.9 Å². The van der Waals surface area contributed by atoms with Crippen molar-refractivity contribution < 1.29 is 14.3 Å². The number of ether oxygens (including phenoxy) is 2. The first-order chi connectivity index (χ1) is 7.52. The molecule has 1 rings (SSSR count). The number of hydrogen-bond acceptors (Lipinski definition) is 3. The fraction of sp³-hybridized carbons (Fsp3) is 0.308. The van der Waals surface area contributed by atoms with Gasteiger partial charge in [0.25, 0.3) is 0 Å². The molecule has 0 aliphatic rings. The summed E-state index contributed by atoms with van der Waals surface area (Å²) in [6.45, 7) is 3.53. The molecule has 1 aromatic carbocycles. The lowest BCUT2D eigenvalue weighted by atomic mass is 10.1. The van der Waals surface area contributed by atoms with Crippen LogP contribution in [0.1, 0.15) is 24.2 Å². The Morgan fingerprint density at radius 1 is 1.38 bits per heavy atom. The Labute approximate surface area is 95.4 Å². The van der Waals surface area contributed by atoms with Crippen molar-refractivity contribution in [1.82, 2.24) is 0 Å². The summed E-state index contributed by atoms with van der Waals surface area (Å²) in [4.78, 5) is 10.7. The number of terminal acetylenes is 1. The highest BCUT2D eigenvalue weighted by molar-refractivity contribution is 5.76. The van der Waals surface area contributed by atoms with Crippen molar-refractivity contribution in [3.8, 4) is 23.8 Å². The number of methoxy groups -OCH3 is 1. The van der Waals surface area contributed by atoms with E-state index in [0.29, 0.717) is 17.1 Å². The van der Waals surface area contributed by atoms with Gasteiger partial charge < -0.3 is 9.47 Å². The minimum atomic E-state index is -0.741. The molecule has 0 saturated carbocycles. The van der Waals surface area contributed by atoms with Gasteiger partial charge in [0.2, 0.25) is 0 Å². The van der Waals surface area contributed by atoms with Gasteiger partial charge in [-0.1, -0.05) is 5.92 Å². The third kappa shape index (κ3) is 2.77. The Bertz CT molecular complexity index is 427. The fourth-order valence-corrected chi connectivity index (χ4v) is 1.15. The molecule has 0 aliphatic carbocycles. The first-order valence-corrected chi connectivity index (χ1v) is 4.82. The standard InChI is InChI=1S/C13H14O3/c1-5-13(2,3)16-12-8-10(9-14)6-7-11(12)15-4/h1,6-9H,2-4H3. The van der Waals surface area contributed by atoms with E-state index in [1.807, 2.05) is 0 Å². The van der Waals surface area contributed by atoms with Crippen LogP contribution in [0, 0.1) is 12.3 Å². The van der Waals surface area contributed by atoms with Crippen LogP contribution in [-0.2, 0) is 0 Å².